The third-order valence-electron chi connectivity index (χ3n) is 6.03. The largest absolute Gasteiger partial charge is 0.494 e. The zero-order chi connectivity index (χ0) is 27.4. The second-order valence-corrected chi connectivity index (χ2v) is 11.0. The van der Waals surface area contributed by atoms with Gasteiger partial charge in [-0.05, 0) is 44.2 Å². The lowest BCUT2D eigenvalue weighted by atomic mass is 10.1. The van der Waals surface area contributed by atoms with Crippen LogP contribution < -0.4 is 19.5 Å². The van der Waals surface area contributed by atoms with Crippen LogP contribution in [0.1, 0.15) is 31.5 Å². The van der Waals surface area contributed by atoms with E-state index in [-0.39, 0.29) is 5.95 Å². The van der Waals surface area contributed by atoms with Gasteiger partial charge in [0, 0.05) is 31.6 Å². The standard InChI is InChI=1S/C25H29ClN6O5S/c1-15-11-17(13-27-12-15)24-29-30-25(32(24)22-20(35-3)7-6-8-21(22)36-4)31-38(33,34)16(2)23(37-5)19-10-9-18(26)14-28-19/h6-11,13-14,16,23,27H,12H2,1-5H3,(H,30,31)/t16-,23-/m0/s1. The van der Waals surface area contributed by atoms with Crippen molar-refractivity contribution in [3.8, 4) is 17.2 Å². The number of hydrogen-bond donors (Lipinski definition) is 2. The lowest BCUT2D eigenvalue weighted by molar-refractivity contribution is 0.0989. The number of allylic oxidation sites excluding steroid dienone is 2. The van der Waals surface area contributed by atoms with E-state index in [0.717, 1.165) is 5.57 Å². The van der Waals surface area contributed by atoms with Gasteiger partial charge in [-0.25, -0.2) is 8.42 Å². The summed E-state index contributed by atoms with van der Waals surface area (Å²) in [7, 11) is 0.369. The third-order valence-corrected chi connectivity index (χ3v) is 7.95. The monoisotopic (exact) mass is 560 g/mol. The Morgan fingerprint density at radius 3 is 2.39 bits per heavy atom. The van der Waals surface area contributed by atoms with Crippen LogP contribution in [0.4, 0.5) is 5.95 Å². The molecular formula is C25H29ClN6O5S. The highest BCUT2D eigenvalue weighted by atomic mass is 35.5. The first-order valence-corrected chi connectivity index (χ1v) is 13.6. The van der Waals surface area contributed by atoms with E-state index in [1.165, 1.54) is 34.4 Å². The van der Waals surface area contributed by atoms with Crippen molar-refractivity contribution in [3.05, 3.63) is 70.9 Å². The van der Waals surface area contributed by atoms with Gasteiger partial charge >= 0.3 is 0 Å². The smallest absolute Gasteiger partial charge is 0.243 e. The normalized spacial score (nSPS) is 15.1. The number of pyridine rings is 1. The topological polar surface area (TPSA) is 129 Å². The van der Waals surface area contributed by atoms with E-state index < -0.39 is 21.4 Å². The maximum absolute atomic E-state index is 13.6. The molecular weight excluding hydrogens is 532 g/mol. The molecule has 11 nitrogen and oxygen atoms in total. The molecule has 2 N–H and O–H groups in total. The minimum absolute atomic E-state index is 0.0499. The van der Waals surface area contributed by atoms with Crippen LogP contribution in [0, 0.1) is 0 Å². The summed E-state index contributed by atoms with van der Waals surface area (Å²) in [6.07, 6.45) is 4.31. The van der Waals surface area contributed by atoms with E-state index in [9.17, 15) is 8.42 Å². The Hall–Kier alpha value is -3.61. The van der Waals surface area contributed by atoms with E-state index >= 15 is 0 Å². The van der Waals surface area contributed by atoms with Crippen molar-refractivity contribution >= 4 is 33.1 Å². The van der Waals surface area contributed by atoms with E-state index in [4.69, 9.17) is 25.8 Å². The van der Waals surface area contributed by atoms with Crippen LogP contribution in [0.25, 0.3) is 11.3 Å². The zero-order valence-electron chi connectivity index (χ0n) is 21.6. The van der Waals surface area contributed by atoms with Gasteiger partial charge < -0.3 is 19.5 Å². The van der Waals surface area contributed by atoms with Crippen molar-refractivity contribution in [1.82, 2.24) is 25.1 Å². The molecule has 2 atom stereocenters. The molecule has 0 unspecified atom stereocenters. The molecule has 0 saturated carbocycles. The summed E-state index contributed by atoms with van der Waals surface area (Å²) in [5, 5.41) is 11.1. The van der Waals surface area contributed by atoms with Crippen LogP contribution >= 0.6 is 11.6 Å². The van der Waals surface area contributed by atoms with Gasteiger partial charge in [0.05, 0.1) is 24.9 Å². The number of methoxy groups -OCH3 is 3. The minimum atomic E-state index is -4.08. The van der Waals surface area contributed by atoms with E-state index in [2.05, 4.69) is 25.2 Å². The maximum atomic E-state index is 13.6. The second kappa shape index (κ2) is 11.4. The van der Waals surface area contributed by atoms with Gasteiger partial charge in [-0.1, -0.05) is 23.2 Å². The van der Waals surface area contributed by atoms with Crippen LogP contribution in [0.2, 0.25) is 5.02 Å². The molecule has 3 heterocycles. The van der Waals surface area contributed by atoms with Crippen molar-refractivity contribution < 1.29 is 22.6 Å². The number of halogens is 1. The fourth-order valence-corrected chi connectivity index (χ4v) is 5.36. The highest BCUT2D eigenvalue weighted by molar-refractivity contribution is 7.93. The van der Waals surface area contributed by atoms with E-state index in [0.29, 0.717) is 45.8 Å². The Bertz CT molecular complexity index is 1450. The SMILES string of the molecule is COc1cccc(OC)c1-n1c(NS(=O)(=O)[C@@H](C)[C@H](OC)c2ccc(Cl)cn2)nnc1C1=CNCC(C)=C1. The number of benzene rings is 1. The molecule has 0 fully saturated rings. The summed E-state index contributed by atoms with van der Waals surface area (Å²) >= 11 is 5.95. The summed E-state index contributed by atoms with van der Waals surface area (Å²) in [5.41, 5.74) is 2.62. The van der Waals surface area contributed by atoms with Crippen molar-refractivity contribution in [3.63, 3.8) is 0 Å². The Balaban J connectivity index is 1.83. The quantitative estimate of drug-likeness (QED) is 0.381. The first-order chi connectivity index (χ1) is 18.2. The molecule has 0 amide bonds. The molecule has 0 bridgehead atoms. The van der Waals surface area contributed by atoms with Crippen LogP contribution in [0.5, 0.6) is 11.5 Å². The van der Waals surface area contributed by atoms with Crippen molar-refractivity contribution in [2.24, 2.45) is 0 Å². The van der Waals surface area contributed by atoms with Gasteiger partial charge in [0.1, 0.15) is 28.5 Å². The number of para-hydroxylation sites is 1. The molecule has 0 radical (unpaired) electrons. The minimum Gasteiger partial charge on any atom is -0.494 e. The van der Waals surface area contributed by atoms with Gasteiger partial charge in [0.2, 0.25) is 16.0 Å². The average Bonchev–Trinajstić information content (AvgIpc) is 3.31. The van der Waals surface area contributed by atoms with E-state index in [1.54, 1.807) is 41.1 Å². The molecule has 13 heteroatoms. The van der Waals surface area contributed by atoms with E-state index in [1.807, 2.05) is 13.0 Å². The van der Waals surface area contributed by atoms with Crippen molar-refractivity contribution in [1.29, 1.82) is 0 Å². The lowest BCUT2D eigenvalue weighted by Gasteiger charge is -2.23. The Kier molecular flexibility index (Phi) is 8.24. The molecule has 0 saturated heterocycles. The molecule has 202 valence electrons. The zero-order valence-corrected chi connectivity index (χ0v) is 23.2. The van der Waals surface area contributed by atoms with Gasteiger partial charge in [-0.2, -0.15) is 0 Å². The Morgan fingerprint density at radius 2 is 1.82 bits per heavy atom. The van der Waals surface area contributed by atoms with Crippen LogP contribution in [0.15, 0.2) is 54.4 Å². The number of rotatable bonds is 10. The summed E-state index contributed by atoms with van der Waals surface area (Å²) in [6, 6.07) is 8.50. The highest BCUT2D eigenvalue weighted by Crippen LogP contribution is 2.37. The number of aromatic nitrogens is 4. The molecule has 38 heavy (non-hydrogen) atoms. The van der Waals surface area contributed by atoms with Gasteiger partial charge in [-0.15, -0.1) is 10.2 Å². The number of nitrogens with one attached hydrogen (secondary N) is 2. The molecule has 1 aliphatic rings. The molecule has 3 aromatic rings. The Labute approximate surface area is 226 Å². The Morgan fingerprint density at radius 1 is 1.11 bits per heavy atom. The molecule has 2 aromatic heterocycles. The van der Waals surface area contributed by atoms with Crippen LogP contribution in [-0.4, -0.2) is 61.3 Å². The van der Waals surface area contributed by atoms with Crippen molar-refractivity contribution in [2.75, 3.05) is 32.6 Å². The molecule has 0 aliphatic carbocycles. The first-order valence-electron chi connectivity index (χ1n) is 11.6. The predicted octanol–water partition coefficient (Wildman–Crippen LogP) is 3.74. The van der Waals surface area contributed by atoms with Crippen LogP contribution in [-0.2, 0) is 14.8 Å². The maximum Gasteiger partial charge on any atom is 0.243 e. The fraction of sp³-hybridized carbons (Fsp3) is 0.320. The van der Waals surface area contributed by atoms with Gasteiger partial charge in [0.15, 0.2) is 5.82 Å². The predicted molar refractivity (Wildman–Crippen MR) is 145 cm³/mol. The molecule has 1 aliphatic heterocycles. The third kappa shape index (κ3) is 5.47. The van der Waals surface area contributed by atoms with Crippen LogP contribution in [0.3, 0.4) is 0 Å². The number of ether oxygens (including phenoxy) is 3. The summed E-state index contributed by atoms with van der Waals surface area (Å²) < 4.78 is 48.2. The second-order valence-electron chi connectivity index (χ2n) is 8.57. The summed E-state index contributed by atoms with van der Waals surface area (Å²) in [5.74, 6) is 1.20. The number of anilines is 1. The molecule has 1 aromatic carbocycles. The van der Waals surface area contributed by atoms with Gasteiger partial charge in [0.25, 0.3) is 0 Å². The van der Waals surface area contributed by atoms with Gasteiger partial charge in [-0.3, -0.25) is 14.3 Å². The number of sulfonamides is 1. The lowest BCUT2D eigenvalue weighted by Crippen LogP contribution is -2.33. The molecule has 0 spiro atoms. The average molecular weight is 561 g/mol. The first kappa shape index (κ1) is 27.4. The molecule has 4 rings (SSSR count). The van der Waals surface area contributed by atoms with Crippen molar-refractivity contribution in [2.45, 2.75) is 25.2 Å². The summed E-state index contributed by atoms with van der Waals surface area (Å²) in [4.78, 5) is 4.24. The highest BCUT2D eigenvalue weighted by Gasteiger charge is 2.34. The fourth-order valence-electron chi connectivity index (χ4n) is 4.10. The number of hydrogen-bond acceptors (Lipinski definition) is 9. The number of nitrogens with zero attached hydrogens (tertiary/aromatic N) is 4. The number of dihydropyridines is 1. The summed E-state index contributed by atoms with van der Waals surface area (Å²) in [6.45, 7) is 4.19.